The summed E-state index contributed by atoms with van der Waals surface area (Å²) >= 11 is 0. The Labute approximate surface area is 169 Å². The first kappa shape index (κ1) is 20.7. The number of rotatable bonds is 6. The lowest BCUT2D eigenvalue weighted by Gasteiger charge is -2.37. The molecule has 1 aromatic carbocycles. The van der Waals surface area contributed by atoms with Crippen LogP contribution in [-0.4, -0.2) is 62.7 Å². The van der Waals surface area contributed by atoms with E-state index in [1.54, 1.807) is 20.3 Å². The average Bonchev–Trinajstić information content (AvgIpc) is 2.73. The third-order valence-corrected chi connectivity index (χ3v) is 6.06. The predicted molar refractivity (Wildman–Crippen MR) is 113 cm³/mol. The molecule has 5 nitrogen and oxygen atoms in total. The van der Waals surface area contributed by atoms with E-state index in [1.165, 1.54) is 32.4 Å². The number of para-hydroxylation sites is 1. The standard InChI is InChI=1S/C23H34N2O3/c1-18-11-14-24(15-12-18)16-19-6-5-13-25(17-19)22(26)10-9-20-7-4-8-21(27-2)23(20)28-3/h4,7-10,18-19H,5-6,11-17H2,1-3H3/b10-9+/t19-/m0/s1. The average molecular weight is 387 g/mol. The van der Waals surface area contributed by atoms with E-state index >= 15 is 0 Å². The largest absolute Gasteiger partial charge is 0.493 e. The zero-order chi connectivity index (χ0) is 19.9. The van der Waals surface area contributed by atoms with Crippen LogP contribution in [0.5, 0.6) is 11.5 Å². The lowest BCUT2D eigenvalue weighted by atomic mass is 9.94. The summed E-state index contributed by atoms with van der Waals surface area (Å²) in [5, 5.41) is 0. The number of benzene rings is 1. The van der Waals surface area contributed by atoms with E-state index in [9.17, 15) is 4.79 Å². The summed E-state index contributed by atoms with van der Waals surface area (Å²) in [6, 6.07) is 5.69. The van der Waals surface area contributed by atoms with Crippen molar-refractivity contribution in [1.82, 2.24) is 9.80 Å². The topological polar surface area (TPSA) is 42.0 Å². The van der Waals surface area contributed by atoms with Crippen LogP contribution in [0, 0.1) is 11.8 Å². The van der Waals surface area contributed by atoms with Gasteiger partial charge < -0.3 is 19.3 Å². The van der Waals surface area contributed by atoms with Gasteiger partial charge >= 0.3 is 0 Å². The predicted octanol–water partition coefficient (Wildman–Crippen LogP) is 3.69. The normalized spacial score (nSPS) is 21.8. The number of hydrogen-bond acceptors (Lipinski definition) is 4. The van der Waals surface area contributed by atoms with Crippen molar-refractivity contribution in [2.75, 3.05) is 46.9 Å². The van der Waals surface area contributed by atoms with Crippen molar-refractivity contribution in [2.24, 2.45) is 11.8 Å². The fourth-order valence-electron chi connectivity index (χ4n) is 4.33. The Morgan fingerprint density at radius 1 is 1.14 bits per heavy atom. The number of ether oxygens (including phenoxy) is 2. The maximum absolute atomic E-state index is 12.8. The van der Waals surface area contributed by atoms with Crippen molar-refractivity contribution in [1.29, 1.82) is 0 Å². The van der Waals surface area contributed by atoms with Gasteiger partial charge in [0.2, 0.25) is 5.91 Å². The second-order valence-electron chi connectivity index (χ2n) is 8.19. The Balaban J connectivity index is 1.57. The lowest BCUT2D eigenvalue weighted by Crippen LogP contribution is -2.44. The molecular weight excluding hydrogens is 352 g/mol. The first-order valence-corrected chi connectivity index (χ1v) is 10.5. The van der Waals surface area contributed by atoms with E-state index in [0.717, 1.165) is 37.5 Å². The van der Waals surface area contributed by atoms with Crippen molar-refractivity contribution in [3.05, 3.63) is 29.8 Å². The molecule has 2 heterocycles. The van der Waals surface area contributed by atoms with Gasteiger partial charge in [-0.15, -0.1) is 0 Å². The van der Waals surface area contributed by atoms with E-state index in [4.69, 9.17) is 9.47 Å². The summed E-state index contributed by atoms with van der Waals surface area (Å²) in [4.78, 5) is 17.4. The highest BCUT2D eigenvalue weighted by Crippen LogP contribution is 2.31. The highest BCUT2D eigenvalue weighted by atomic mass is 16.5. The molecule has 28 heavy (non-hydrogen) atoms. The van der Waals surface area contributed by atoms with Crippen LogP contribution >= 0.6 is 0 Å². The summed E-state index contributed by atoms with van der Waals surface area (Å²) in [5.41, 5.74) is 0.853. The zero-order valence-corrected chi connectivity index (χ0v) is 17.5. The van der Waals surface area contributed by atoms with E-state index in [-0.39, 0.29) is 5.91 Å². The smallest absolute Gasteiger partial charge is 0.246 e. The Morgan fingerprint density at radius 2 is 1.93 bits per heavy atom. The van der Waals surface area contributed by atoms with E-state index in [1.807, 2.05) is 29.2 Å². The van der Waals surface area contributed by atoms with Crippen LogP contribution in [-0.2, 0) is 4.79 Å². The molecule has 0 unspecified atom stereocenters. The molecule has 1 aromatic rings. The van der Waals surface area contributed by atoms with Crippen LogP contribution in [0.15, 0.2) is 24.3 Å². The summed E-state index contributed by atoms with van der Waals surface area (Å²) in [5.74, 6) is 2.86. The maximum atomic E-state index is 12.8. The van der Waals surface area contributed by atoms with Crippen molar-refractivity contribution in [3.8, 4) is 11.5 Å². The Morgan fingerprint density at radius 3 is 2.64 bits per heavy atom. The highest BCUT2D eigenvalue weighted by Gasteiger charge is 2.25. The van der Waals surface area contributed by atoms with Crippen molar-refractivity contribution < 1.29 is 14.3 Å². The summed E-state index contributed by atoms with van der Waals surface area (Å²) in [6.45, 7) is 7.62. The fraction of sp³-hybridized carbons (Fsp3) is 0.609. The first-order valence-electron chi connectivity index (χ1n) is 10.5. The van der Waals surface area contributed by atoms with Crippen LogP contribution in [0.25, 0.3) is 6.08 Å². The molecule has 2 aliphatic heterocycles. The van der Waals surface area contributed by atoms with Crippen LogP contribution in [0.2, 0.25) is 0 Å². The monoisotopic (exact) mass is 386 g/mol. The van der Waals surface area contributed by atoms with Gasteiger partial charge in [-0.05, 0) is 62.8 Å². The molecule has 3 rings (SSSR count). The highest BCUT2D eigenvalue weighted by molar-refractivity contribution is 5.92. The minimum Gasteiger partial charge on any atom is -0.493 e. The SMILES string of the molecule is COc1cccc(/C=C/C(=O)N2CCC[C@@H](CN3CCC(C)CC3)C2)c1OC. The molecule has 154 valence electrons. The van der Waals surface area contributed by atoms with E-state index < -0.39 is 0 Å². The van der Waals surface area contributed by atoms with Gasteiger partial charge in [0.15, 0.2) is 11.5 Å². The van der Waals surface area contributed by atoms with Crippen LogP contribution in [0.3, 0.4) is 0 Å². The quantitative estimate of drug-likeness (QED) is 0.700. The van der Waals surface area contributed by atoms with Gasteiger partial charge in [-0.2, -0.15) is 0 Å². The number of nitrogens with zero attached hydrogens (tertiary/aromatic N) is 2. The molecular formula is C23H34N2O3. The second-order valence-corrected chi connectivity index (χ2v) is 8.19. The second kappa shape index (κ2) is 9.97. The minimum absolute atomic E-state index is 0.0850. The van der Waals surface area contributed by atoms with Gasteiger partial charge in [0.25, 0.3) is 0 Å². The van der Waals surface area contributed by atoms with Gasteiger partial charge in [-0.25, -0.2) is 0 Å². The zero-order valence-electron chi connectivity index (χ0n) is 17.5. The first-order chi connectivity index (χ1) is 13.6. The van der Waals surface area contributed by atoms with Gasteiger partial charge in [0, 0.05) is 31.3 Å². The molecule has 0 N–H and O–H groups in total. The van der Waals surface area contributed by atoms with Crippen LogP contribution in [0.4, 0.5) is 0 Å². The molecule has 1 atom stereocenters. The third-order valence-electron chi connectivity index (χ3n) is 6.06. The molecule has 5 heteroatoms. The van der Waals surface area contributed by atoms with E-state index in [0.29, 0.717) is 17.4 Å². The van der Waals surface area contributed by atoms with Crippen molar-refractivity contribution in [3.63, 3.8) is 0 Å². The molecule has 2 fully saturated rings. The Kier molecular flexibility index (Phi) is 7.37. The van der Waals surface area contributed by atoms with Crippen molar-refractivity contribution in [2.45, 2.75) is 32.6 Å². The number of amides is 1. The molecule has 0 radical (unpaired) electrons. The number of carbonyl (C=O) groups excluding carboxylic acids is 1. The fourth-order valence-corrected chi connectivity index (χ4v) is 4.33. The van der Waals surface area contributed by atoms with Crippen LogP contribution in [0.1, 0.15) is 38.2 Å². The van der Waals surface area contributed by atoms with Gasteiger partial charge in [-0.3, -0.25) is 4.79 Å². The summed E-state index contributed by atoms with van der Waals surface area (Å²) in [7, 11) is 3.24. The number of methoxy groups -OCH3 is 2. The van der Waals surface area contributed by atoms with Crippen LogP contribution < -0.4 is 9.47 Å². The molecule has 2 saturated heterocycles. The molecule has 0 bridgehead atoms. The van der Waals surface area contributed by atoms with Gasteiger partial charge in [0.05, 0.1) is 14.2 Å². The summed E-state index contributed by atoms with van der Waals surface area (Å²) in [6.07, 6.45) is 8.43. The number of carbonyl (C=O) groups is 1. The lowest BCUT2D eigenvalue weighted by molar-refractivity contribution is -0.127. The molecule has 1 amide bonds. The maximum Gasteiger partial charge on any atom is 0.246 e. The van der Waals surface area contributed by atoms with Crippen molar-refractivity contribution >= 4 is 12.0 Å². The number of piperidine rings is 2. The third kappa shape index (κ3) is 5.28. The molecule has 0 aliphatic carbocycles. The molecule has 0 aromatic heterocycles. The van der Waals surface area contributed by atoms with Gasteiger partial charge in [-0.1, -0.05) is 19.1 Å². The Hall–Kier alpha value is -2.01. The van der Waals surface area contributed by atoms with Gasteiger partial charge in [0.1, 0.15) is 0 Å². The molecule has 0 spiro atoms. The van der Waals surface area contributed by atoms with E-state index in [2.05, 4.69) is 11.8 Å². The summed E-state index contributed by atoms with van der Waals surface area (Å²) < 4.78 is 10.8. The minimum atomic E-state index is 0.0850. The molecule has 0 saturated carbocycles. The number of likely N-dealkylation sites (tertiary alicyclic amines) is 2. The Bertz CT molecular complexity index is 680. The molecule has 2 aliphatic rings. The number of hydrogen-bond donors (Lipinski definition) is 0.